The van der Waals surface area contributed by atoms with Gasteiger partial charge in [0.25, 0.3) is 5.91 Å². The summed E-state index contributed by atoms with van der Waals surface area (Å²) < 4.78 is 13.1. The number of fused-ring (bicyclic) bond motifs is 1. The molecule has 20 heavy (non-hydrogen) atoms. The van der Waals surface area contributed by atoms with E-state index in [1.165, 1.54) is 17.8 Å². The number of nitrogens with one attached hydrogen (secondary N) is 2. The maximum Gasteiger partial charge on any atom is 0.257 e. The van der Waals surface area contributed by atoms with Crippen molar-refractivity contribution in [1.82, 2.24) is 10.3 Å². The van der Waals surface area contributed by atoms with E-state index in [4.69, 9.17) is 0 Å². The van der Waals surface area contributed by atoms with Crippen LogP contribution >= 0.6 is 0 Å². The second kappa shape index (κ2) is 5.38. The van der Waals surface area contributed by atoms with E-state index in [0.29, 0.717) is 0 Å². The lowest BCUT2D eigenvalue weighted by Gasteiger charge is -2.20. The molecule has 0 atom stereocenters. The van der Waals surface area contributed by atoms with Crippen LogP contribution in [0.1, 0.15) is 21.5 Å². The van der Waals surface area contributed by atoms with Crippen molar-refractivity contribution in [3.8, 4) is 0 Å². The Labute approximate surface area is 116 Å². The highest BCUT2D eigenvalue weighted by molar-refractivity contribution is 6.04. The van der Waals surface area contributed by atoms with E-state index in [1.54, 1.807) is 0 Å². The minimum Gasteiger partial charge on any atom is -0.322 e. The summed E-state index contributed by atoms with van der Waals surface area (Å²) in [5, 5.41) is 6.11. The predicted octanol–water partition coefficient (Wildman–Crippen LogP) is 2.12. The number of carbonyl (C=O) groups excluding carboxylic acids is 1. The number of rotatable bonds is 2. The Morgan fingerprint density at radius 2 is 2.25 bits per heavy atom. The van der Waals surface area contributed by atoms with Crippen molar-refractivity contribution in [3.05, 3.63) is 59.2 Å². The van der Waals surface area contributed by atoms with Gasteiger partial charge in [-0.3, -0.25) is 9.78 Å². The van der Waals surface area contributed by atoms with Crippen molar-refractivity contribution in [1.29, 1.82) is 0 Å². The zero-order chi connectivity index (χ0) is 13.9. The Balaban J connectivity index is 1.86. The Kier molecular flexibility index (Phi) is 3.43. The molecule has 0 bridgehead atoms. The van der Waals surface area contributed by atoms with Gasteiger partial charge in [-0.1, -0.05) is 12.1 Å². The van der Waals surface area contributed by atoms with Gasteiger partial charge in [0.1, 0.15) is 5.82 Å². The Morgan fingerprint density at radius 1 is 1.35 bits per heavy atom. The first-order valence-electron chi connectivity index (χ1n) is 6.47. The van der Waals surface area contributed by atoms with Gasteiger partial charge < -0.3 is 10.6 Å². The van der Waals surface area contributed by atoms with Crippen LogP contribution < -0.4 is 10.6 Å². The van der Waals surface area contributed by atoms with E-state index >= 15 is 0 Å². The number of nitrogens with zero attached hydrogens (tertiary/aromatic N) is 1. The van der Waals surface area contributed by atoms with Crippen LogP contribution in [0.2, 0.25) is 0 Å². The number of amides is 1. The van der Waals surface area contributed by atoms with Gasteiger partial charge in [-0.25, -0.2) is 4.39 Å². The maximum atomic E-state index is 13.1. The molecule has 5 heteroatoms. The first kappa shape index (κ1) is 12.7. The van der Waals surface area contributed by atoms with Crippen LogP contribution in [0.15, 0.2) is 36.7 Å². The molecule has 102 valence electrons. The van der Waals surface area contributed by atoms with Gasteiger partial charge in [0.15, 0.2) is 0 Å². The first-order chi connectivity index (χ1) is 9.74. The molecule has 0 saturated heterocycles. The smallest absolute Gasteiger partial charge is 0.257 e. The molecule has 0 saturated carbocycles. The van der Waals surface area contributed by atoms with Gasteiger partial charge in [-0.15, -0.1) is 0 Å². The van der Waals surface area contributed by atoms with Crippen LogP contribution in [0.5, 0.6) is 0 Å². The molecule has 0 spiro atoms. The number of hydrogen-bond donors (Lipinski definition) is 2. The molecular weight excluding hydrogens is 257 g/mol. The van der Waals surface area contributed by atoms with Gasteiger partial charge in [0.2, 0.25) is 0 Å². The zero-order valence-corrected chi connectivity index (χ0v) is 10.8. The molecule has 0 radical (unpaired) electrons. The summed E-state index contributed by atoms with van der Waals surface area (Å²) in [6.45, 7) is 1.67. The monoisotopic (exact) mass is 271 g/mol. The minimum atomic E-state index is -0.519. The predicted molar refractivity (Wildman–Crippen MR) is 74.0 cm³/mol. The molecule has 3 rings (SSSR count). The number of halogens is 1. The number of hydrogen-bond acceptors (Lipinski definition) is 3. The molecule has 0 aliphatic carbocycles. The summed E-state index contributed by atoms with van der Waals surface area (Å²) in [5.41, 5.74) is 3.31. The number of anilines is 1. The summed E-state index contributed by atoms with van der Waals surface area (Å²) >= 11 is 0. The lowest BCUT2D eigenvalue weighted by atomic mass is 9.99. The number of benzene rings is 1. The van der Waals surface area contributed by atoms with Gasteiger partial charge in [-0.2, -0.15) is 0 Å². The topological polar surface area (TPSA) is 54.0 Å². The Bertz CT molecular complexity index is 657. The molecule has 1 aliphatic rings. The standard InChI is InChI=1S/C15H14FN3O/c16-12-6-11(7-18-8-12)15(20)19-14-3-1-2-10-4-5-17-9-13(10)14/h1-3,6-8,17H,4-5,9H2,(H,19,20). The number of pyridine rings is 1. The van der Waals surface area contributed by atoms with Crippen molar-refractivity contribution in [2.75, 3.05) is 11.9 Å². The molecule has 0 fully saturated rings. The van der Waals surface area contributed by atoms with E-state index in [-0.39, 0.29) is 11.5 Å². The number of aromatic nitrogens is 1. The van der Waals surface area contributed by atoms with E-state index in [1.807, 2.05) is 12.1 Å². The first-order valence-corrected chi connectivity index (χ1v) is 6.47. The SMILES string of the molecule is O=C(Nc1cccc2c1CNCC2)c1cncc(F)c1. The van der Waals surface area contributed by atoms with Crippen LogP contribution in [-0.2, 0) is 13.0 Å². The lowest BCUT2D eigenvalue weighted by Crippen LogP contribution is -2.25. The molecule has 0 unspecified atom stereocenters. The van der Waals surface area contributed by atoms with E-state index < -0.39 is 5.82 Å². The molecule has 1 amide bonds. The normalized spacial score (nSPS) is 13.7. The van der Waals surface area contributed by atoms with E-state index in [0.717, 1.165) is 37.0 Å². The Hall–Kier alpha value is -2.27. The van der Waals surface area contributed by atoms with Gasteiger partial charge in [0, 0.05) is 18.4 Å². The van der Waals surface area contributed by atoms with Crippen LogP contribution in [0.3, 0.4) is 0 Å². The maximum absolute atomic E-state index is 13.1. The summed E-state index contributed by atoms with van der Waals surface area (Å²) in [6.07, 6.45) is 3.37. The van der Waals surface area contributed by atoms with Crippen molar-refractivity contribution in [3.63, 3.8) is 0 Å². The summed E-state index contributed by atoms with van der Waals surface area (Å²) in [7, 11) is 0. The van der Waals surface area contributed by atoms with Crippen LogP contribution in [0.4, 0.5) is 10.1 Å². The van der Waals surface area contributed by atoms with E-state index in [9.17, 15) is 9.18 Å². The fraction of sp³-hybridized carbons (Fsp3) is 0.200. The van der Waals surface area contributed by atoms with Crippen molar-refractivity contribution >= 4 is 11.6 Å². The van der Waals surface area contributed by atoms with Crippen LogP contribution in [-0.4, -0.2) is 17.4 Å². The highest BCUT2D eigenvalue weighted by Crippen LogP contribution is 2.23. The lowest BCUT2D eigenvalue weighted by molar-refractivity contribution is 0.102. The third kappa shape index (κ3) is 2.53. The average Bonchev–Trinajstić information content (AvgIpc) is 2.47. The van der Waals surface area contributed by atoms with Crippen molar-refractivity contribution in [2.24, 2.45) is 0 Å². The van der Waals surface area contributed by atoms with Gasteiger partial charge in [0.05, 0.1) is 11.8 Å². The van der Waals surface area contributed by atoms with E-state index in [2.05, 4.69) is 21.7 Å². The zero-order valence-electron chi connectivity index (χ0n) is 10.8. The quantitative estimate of drug-likeness (QED) is 0.879. The molecule has 1 aromatic heterocycles. The van der Waals surface area contributed by atoms with Gasteiger partial charge in [-0.05, 0) is 36.2 Å². The third-order valence-electron chi connectivity index (χ3n) is 3.36. The number of carbonyl (C=O) groups is 1. The van der Waals surface area contributed by atoms with Crippen molar-refractivity contribution < 1.29 is 9.18 Å². The van der Waals surface area contributed by atoms with Crippen molar-refractivity contribution in [2.45, 2.75) is 13.0 Å². The molecule has 1 aliphatic heterocycles. The molecule has 2 aromatic rings. The summed E-state index contributed by atoms with van der Waals surface area (Å²) in [6, 6.07) is 7.02. The van der Waals surface area contributed by atoms with Crippen LogP contribution in [0.25, 0.3) is 0 Å². The Morgan fingerprint density at radius 3 is 3.10 bits per heavy atom. The molecule has 1 aromatic carbocycles. The second-order valence-corrected chi connectivity index (χ2v) is 4.72. The van der Waals surface area contributed by atoms with Gasteiger partial charge >= 0.3 is 0 Å². The molecule has 2 heterocycles. The molecule has 2 N–H and O–H groups in total. The molecule has 4 nitrogen and oxygen atoms in total. The highest BCUT2D eigenvalue weighted by atomic mass is 19.1. The third-order valence-corrected chi connectivity index (χ3v) is 3.36. The summed E-state index contributed by atoms with van der Waals surface area (Å²) in [4.78, 5) is 15.8. The fourth-order valence-corrected chi connectivity index (χ4v) is 2.36. The largest absolute Gasteiger partial charge is 0.322 e. The summed E-state index contributed by atoms with van der Waals surface area (Å²) in [5.74, 6) is -0.870. The fourth-order valence-electron chi connectivity index (χ4n) is 2.36. The minimum absolute atomic E-state index is 0.214. The molecular formula is C15H14FN3O. The highest BCUT2D eigenvalue weighted by Gasteiger charge is 2.15. The second-order valence-electron chi connectivity index (χ2n) is 4.72. The van der Waals surface area contributed by atoms with Crippen LogP contribution in [0, 0.1) is 5.82 Å². The average molecular weight is 271 g/mol.